The standard InChI is InChI=1S/C23H27ClN2O5S/c1-16-4-2-9-26(15-16)32(28,29)19-7-5-18(6-8-19)25-22(27)14-17-12-20(24)23-21(13-17)30-10-3-11-31-23/h5-8,12-13,16H,2-4,9-11,14-15H2,1H3,(H,25,27). The Labute approximate surface area is 193 Å². The second-order valence-corrected chi connectivity index (χ2v) is 10.7. The van der Waals surface area contributed by atoms with E-state index in [-0.39, 0.29) is 17.2 Å². The van der Waals surface area contributed by atoms with Crippen molar-refractivity contribution in [3.05, 3.63) is 47.0 Å². The van der Waals surface area contributed by atoms with Crippen LogP contribution in [0.25, 0.3) is 0 Å². The third-order valence-electron chi connectivity index (χ3n) is 5.62. The van der Waals surface area contributed by atoms with Gasteiger partial charge in [0.15, 0.2) is 11.5 Å². The lowest BCUT2D eigenvalue weighted by Crippen LogP contribution is -2.39. The third kappa shape index (κ3) is 5.19. The van der Waals surface area contributed by atoms with Crippen LogP contribution in [-0.2, 0) is 21.2 Å². The average Bonchev–Trinajstić information content (AvgIpc) is 3.00. The quantitative estimate of drug-likeness (QED) is 0.699. The molecule has 1 saturated heterocycles. The highest BCUT2D eigenvalue weighted by molar-refractivity contribution is 7.89. The summed E-state index contributed by atoms with van der Waals surface area (Å²) in [6.45, 7) is 4.22. The molecule has 2 aromatic carbocycles. The number of piperidine rings is 1. The lowest BCUT2D eigenvalue weighted by atomic mass is 10.0. The van der Waals surface area contributed by atoms with Gasteiger partial charge in [0.25, 0.3) is 0 Å². The number of sulfonamides is 1. The van der Waals surface area contributed by atoms with Gasteiger partial charge in [0.2, 0.25) is 15.9 Å². The SMILES string of the molecule is CC1CCCN(S(=O)(=O)c2ccc(NC(=O)Cc3cc(Cl)c4c(c3)OCCCO4)cc2)C1. The van der Waals surface area contributed by atoms with E-state index >= 15 is 0 Å². The number of hydrogen-bond donors (Lipinski definition) is 1. The summed E-state index contributed by atoms with van der Waals surface area (Å²) in [5.41, 5.74) is 1.23. The van der Waals surface area contributed by atoms with Crippen LogP contribution < -0.4 is 14.8 Å². The van der Waals surface area contributed by atoms with Crippen molar-refractivity contribution >= 4 is 33.2 Å². The summed E-state index contributed by atoms with van der Waals surface area (Å²) in [4.78, 5) is 12.8. The molecule has 1 N–H and O–H groups in total. The highest BCUT2D eigenvalue weighted by atomic mass is 35.5. The molecule has 2 aromatic rings. The van der Waals surface area contributed by atoms with E-state index in [4.69, 9.17) is 21.1 Å². The zero-order chi connectivity index (χ0) is 22.7. The van der Waals surface area contributed by atoms with Gasteiger partial charge in [-0.15, -0.1) is 0 Å². The van der Waals surface area contributed by atoms with Gasteiger partial charge in [-0.05, 0) is 60.7 Å². The van der Waals surface area contributed by atoms with Gasteiger partial charge < -0.3 is 14.8 Å². The van der Waals surface area contributed by atoms with Crippen molar-refractivity contribution in [2.24, 2.45) is 5.92 Å². The lowest BCUT2D eigenvalue weighted by Gasteiger charge is -2.30. The first-order chi connectivity index (χ1) is 15.3. The molecule has 0 aliphatic carbocycles. The van der Waals surface area contributed by atoms with Crippen LogP contribution in [0.1, 0.15) is 31.7 Å². The molecule has 1 unspecified atom stereocenters. The minimum Gasteiger partial charge on any atom is -0.489 e. The van der Waals surface area contributed by atoms with Gasteiger partial charge in [-0.25, -0.2) is 8.42 Å². The summed E-state index contributed by atoms with van der Waals surface area (Å²) < 4.78 is 38.6. The molecular formula is C23H27ClN2O5S. The number of benzene rings is 2. The summed E-state index contributed by atoms with van der Waals surface area (Å²) >= 11 is 6.30. The number of ether oxygens (including phenoxy) is 2. The van der Waals surface area contributed by atoms with E-state index in [0.29, 0.717) is 60.0 Å². The molecule has 7 nitrogen and oxygen atoms in total. The van der Waals surface area contributed by atoms with Gasteiger partial charge in [-0.1, -0.05) is 18.5 Å². The number of nitrogens with one attached hydrogen (secondary N) is 1. The van der Waals surface area contributed by atoms with Gasteiger partial charge in [0.05, 0.1) is 29.6 Å². The van der Waals surface area contributed by atoms with Gasteiger partial charge in [-0.3, -0.25) is 4.79 Å². The van der Waals surface area contributed by atoms with Crippen LogP contribution in [0.5, 0.6) is 11.5 Å². The number of carbonyl (C=O) groups is 1. The molecule has 0 spiro atoms. The number of halogens is 1. The molecule has 1 fully saturated rings. The first kappa shape index (κ1) is 22.9. The number of rotatable bonds is 5. The number of fused-ring (bicyclic) bond motifs is 1. The Hall–Kier alpha value is -2.29. The largest absolute Gasteiger partial charge is 0.489 e. The van der Waals surface area contributed by atoms with Crippen molar-refractivity contribution in [2.75, 3.05) is 31.6 Å². The highest BCUT2D eigenvalue weighted by Gasteiger charge is 2.28. The average molecular weight is 479 g/mol. The van der Waals surface area contributed by atoms with Gasteiger partial charge >= 0.3 is 0 Å². The molecule has 9 heteroatoms. The maximum Gasteiger partial charge on any atom is 0.243 e. The second kappa shape index (κ2) is 9.68. The number of carbonyl (C=O) groups excluding carboxylic acids is 1. The van der Waals surface area contributed by atoms with E-state index in [1.165, 1.54) is 12.1 Å². The van der Waals surface area contributed by atoms with Crippen molar-refractivity contribution in [2.45, 2.75) is 37.5 Å². The topological polar surface area (TPSA) is 84.9 Å². The molecule has 172 valence electrons. The maximum absolute atomic E-state index is 12.9. The van der Waals surface area contributed by atoms with Gasteiger partial charge in [-0.2, -0.15) is 4.31 Å². The van der Waals surface area contributed by atoms with Crippen molar-refractivity contribution in [3.8, 4) is 11.5 Å². The third-order valence-corrected chi connectivity index (χ3v) is 7.78. The number of nitrogens with zero attached hydrogens (tertiary/aromatic N) is 1. The van der Waals surface area contributed by atoms with E-state index in [1.54, 1.807) is 28.6 Å². The van der Waals surface area contributed by atoms with E-state index in [0.717, 1.165) is 19.3 Å². The van der Waals surface area contributed by atoms with E-state index < -0.39 is 10.0 Å². The van der Waals surface area contributed by atoms with Crippen molar-refractivity contribution in [1.29, 1.82) is 0 Å². The molecule has 0 saturated carbocycles. The zero-order valence-corrected chi connectivity index (χ0v) is 19.5. The molecule has 0 aromatic heterocycles. The number of amides is 1. The molecule has 4 rings (SSSR count). The molecule has 1 amide bonds. The number of anilines is 1. The smallest absolute Gasteiger partial charge is 0.243 e. The molecule has 1 atom stereocenters. The zero-order valence-electron chi connectivity index (χ0n) is 18.0. The van der Waals surface area contributed by atoms with E-state index in [2.05, 4.69) is 12.2 Å². The predicted molar refractivity (Wildman–Crippen MR) is 123 cm³/mol. The first-order valence-corrected chi connectivity index (χ1v) is 12.6. The van der Waals surface area contributed by atoms with Gasteiger partial charge in [0, 0.05) is 25.2 Å². The molecule has 0 bridgehead atoms. The summed E-state index contributed by atoms with van der Waals surface area (Å²) in [5, 5.41) is 3.22. The van der Waals surface area contributed by atoms with Crippen molar-refractivity contribution < 1.29 is 22.7 Å². The Balaban J connectivity index is 1.41. The molecular weight excluding hydrogens is 452 g/mol. The number of hydrogen-bond acceptors (Lipinski definition) is 5. The molecule has 32 heavy (non-hydrogen) atoms. The Kier molecular flexibility index (Phi) is 6.93. The summed E-state index contributed by atoms with van der Waals surface area (Å²) in [6.07, 6.45) is 2.79. The first-order valence-electron chi connectivity index (χ1n) is 10.8. The van der Waals surface area contributed by atoms with Crippen LogP contribution in [0, 0.1) is 5.92 Å². The Morgan fingerprint density at radius 1 is 1.16 bits per heavy atom. The molecule has 2 aliphatic heterocycles. The minimum atomic E-state index is -3.53. The highest BCUT2D eigenvalue weighted by Crippen LogP contribution is 2.38. The fraction of sp³-hybridized carbons (Fsp3) is 0.435. The monoisotopic (exact) mass is 478 g/mol. The van der Waals surface area contributed by atoms with Crippen molar-refractivity contribution in [3.63, 3.8) is 0 Å². The maximum atomic E-state index is 12.9. The second-order valence-electron chi connectivity index (χ2n) is 8.32. The van der Waals surface area contributed by atoms with E-state index in [1.807, 2.05) is 0 Å². The fourth-order valence-electron chi connectivity index (χ4n) is 4.00. The Morgan fingerprint density at radius 2 is 1.91 bits per heavy atom. The Bertz CT molecular complexity index is 1090. The van der Waals surface area contributed by atoms with Crippen LogP contribution >= 0.6 is 11.6 Å². The summed E-state index contributed by atoms with van der Waals surface area (Å²) in [7, 11) is -3.53. The van der Waals surface area contributed by atoms with Crippen LogP contribution in [0.15, 0.2) is 41.3 Å². The molecule has 2 heterocycles. The Morgan fingerprint density at radius 3 is 2.66 bits per heavy atom. The predicted octanol–water partition coefficient (Wildman–Crippen LogP) is 4.10. The van der Waals surface area contributed by atoms with E-state index in [9.17, 15) is 13.2 Å². The molecule has 2 aliphatic rings. The fourth-order valence-corrected chi connectivity index (χ4v) is 5.89. The van der Waals surface area contributed by atoms with Crippen molar-refractivity contribution in [1.82, 2.24) is 4.31 Å². The summed E-state index contributed by atoms with van der Waals surface area (Å²) in [6, 6.07) is 9.76. The normalized spacial score (nSPS) is 19.2. The van der Waals surface area contributed by atoms with Crippen LogP contribution in [-0.4, -0.2) is 44.9 Å². The summed E-state index contributed by atoms with van der Waals surface area (Å²) in [5.74, 6) is 1.17. The van der Waals surface area contributed by atoms with Crippen LogP contribution in [0.3, 0.4) is 0 Å². The van der Waals surface area contributed by atoms with Crippen LogP contribution in [0.4, 0.5) is 5.69 Å². The van der Waals surface area contributed by atoms with Gasteiger partial charge in [0.1, 0.15) is 0 Å². The lowest BCUT2D eigenvalue weighted by molar-refractivity contribution is -0.115. The minimum absolute atomic E-state index is 0.0993. The van der Waals surface area contributed by atoms with Crippen LogP contribution in [0.2, 0.25) is 5.02 Å². The molecule has 0 radical (unpaired) electrons.